The first-order valence-corrected chi connectivity index (χ1v) is 19.9. The number of hydrogen-bond acceptors (Lipinski definition) is 15. The highest BCUT2D eigenvalue weighted by Crippen LogP contribution is 2.44. The molecular weight excluding hydrogens is 776 g/mol. The summed E-state index contributed by atoms with van der Waals surface area (Å²) >= 11 is 0. The van der Waals surface area contributed by atoms with Crippen LogP contribution in [0.2, 0.25) is 0 Å². The molecule has 3 aromatic carbocycles. The average Bonchev–Trinajstić information content (AvgIpc) is 3.48. The van der Waals surface area contributed by atoms with Crippen molar-refractivity contribution in [3.63, 3.8) is 0 Å². The van der Waals surface area contributed by atoms with E-state index in [0.29, 0.717) is 24.5 Å². The van der Waals surface area contributed by atoms with Gasteiger partial charge in [-0.05, 0) is 19.9 Å². The van der Waals surface area contributed by atoms with Crippen molar-refractivity contribution in [3.8, 4) is 11.5 Å². The normalized spacial score (nSPS) is 29.9. The molecule has 60 heavy (non-hydrogen) atoms. The van der Waals surface area contributed by atoms with Crippen LogP contribution in [-0.4, -0.2) is 101 Å². The van der Waals surface area contributed by atoms with Gasteiger partial charge in [0.05, 0.1) is 47.0 Å². The fourth-order valence-corrected chi connectivity index (χ4v) is 8.32. The zero-order valence-electron chi connectivity index (χ0n) is 35.1. The molecule has 0 spiro atoms. The van der Waals surface area contributed by atoms with Crippen molar-refractivity contribution in [3.05, 3.63) is 73.4 Å². The summed E-state index contributed by atoms with van der Waals surface area (Å²) in [5.41, 5.74) is -0.781. The molecule has 7 rings (SSSR count). The Bertz CT molecular complexity index is 2690. The lowest BCUT2D eigenvalue weighted by molar-refractivity contribution is -0.112. The number of nitrogens with one attached hydrogen (secondary N) is 1. The standard InChI is InChI=1S/C44H52N4O12/c1-19-11-10-12-20(2)43(56)46-33-38(54)29-28(32-40(33)59-41-31(45-32)27(50)18-25-34(41)48(8)15-14-47(25)7)30-39(23(5)37(29)53)60-44(6,42(30)55)58-16-13-24(57-9)17-26(49)21(3)36(52)22(4)35(19)51/h10-13,16,18-19,21-22,24,26,35-36,49,51-53,55H,14-15,17H2,1-9H3,(H,46,56)/b11-10+,16-13+,20-12-/t19-,21-,22+,24-,26+,35-,36-,44-/m0/s1. The Morgan fingerprint density at radius 3 is 2.33 bits per heavy atom. The minimum atomic E-state index is -1.94. The molecule has 6 N–H and O–H groups in total. The van der Waals surface area contributed by atoms with Crippen molar-refractivity contribution in [1.82, 2.24) is 4.98 Å². The van der Waals surface area contributed by atoms with Gasteiger partial charge >= 0.3 is 5.79 Å². The molecule has 1 amide bonds. The van der Waals surface area contributed by atoms with Crippen molar-refractivity contribution in [1.29, 1.82) is 0 Å². The Balaban J connectivity index is 1.53. The number of carbonyl (C=O) groups excluding carboxylic acids is 1. The number of phenolic OH excluding ortho intramolecular Hbond substituents is 1. The largest absolute Gasteiger partial charge is 0.507 e. The fraction of sp³-hybridized carbons (Fsp3) is 0.455. The number of amides is 1. The van der Waals surface area contributed by atoms with Gasteiger partial charge in [0.25, 0.3) is 5.91 Å². The van der Waals surface area contributed by atoms with Crippen molar-refractivity contribution >= 4 is 61.7 Å². The second kappa shape index (κ2) is 15.7. The van der Waals surface area contributed by atoms with Crippen LogP contribution in [-0.2, 0) is 14.3 Å². The number of aliphatic hydroxyl groups excluding tert-OH is 4. The maximum Gasteiger partial charge on any atom is 0.307 e. The molecule has 0 radical (unpaired) electrons. The van der Waals surface area contributed by atoms with E-state index in [-0.39, 0.29) is 67.2 Å². The van der Waals surface area contributed by atoms with Gasteiger partial charge in [-0.25, -0.2) is 4.98 Å². The highest BCUT2D eigenvalue weighted by molar-refractivity contribution is 6.17. The van der Waals surface area contributed by atoms with E-state index in [0.717, 1.165) is 0 Å². The number of ether oxygens (including phenoxy) is 3. The number of aromatic nitrogens is 1. The fourth-order valence-electron chi connectivity index (χ4n) is 8.32. The van der Waals surface area contributed by atoms with Crippen LogP contribution in [0.1, 0.15) is 46.6 Å². The van der Waals surface area contributed by atoms with Crippen LogP contribution in [0.25, 0.3) is 38.7 Å². The molecule has 4 aromatic rings. The first-order chi connectivity index (χ1) is 28.3. The van der Waals surface area contributed by atoms with Crippen LogP contribution in [0.5, 0.6) is 11.5 Å². The number of methoxy groups -OCH3 is 1. The third kappa shape index (κ3) is 6.90. The molecule has 4 bridgehead atoms. The van der Waals surface area contributed by atoms with Gasteiger partial charge in [-0.1, -0.05) is 39.0 Å². The van der Waals surface area contributed by atoms with Gasteiger partial charge in [-0.2, -0.15) is 0 Å². The molecule has 16 heteroatoms. The highest BCUT2D eigenvalue weighted by atomic mass is 16.7. The summed E-state index contributed by atoms with van der Waals surface area (Å²) in [5.74, 6) is -5.55. The molecule has 4 heterocycles. The second-order valence-corrected chi connectivity index (χ2v) is 16.5. The number of hydrogen-bond donors (Lipinski definition) is 6. The first-order valence-electron chi connectivity index (χ1n) is 19.9. The van der Waals surface area contributed by atoms with E-state index in [1.165, 1.54) is 52.4 Å². The van der Waals surface area contributed by atoms with E-state index >= 15 is 0 Å². The molecule has 16 nitrogen and oxygen atoms in total. The molecule has 320 valence electrons. The van der Waals surface area contributed by atoms with Crippen LogP contribution in [0.4, 0.5) is 17.1 Å². The predicted molar refractivity (Wildman–Crippen MR) is 227 cm³/mol. The number of fused-ring (bicyclic) bond motifs is 4. The average molecular weight is 829 g/mol. The Labute approximate surface area is 345 Å². The van der Waals surface area contributed by atoms with Crippen LogP contribution < -0.4 is 35.9 Å². The molecule has 0 saturated carbocycles. The maximum absolute atomic E-state index is 14.8. The number of aliphatic hydroxyl groups is 4. The number of likely N-dealkylation sites (N-methyl/N-ethyl adjacent to an activating group) is 2. The Morgan fingerprint density at radius 1 is 0.933 bits per heavy atom. The molecule has 3 aliphatic heterocycles. The van der Waals surface area contributed by atoms with Gasteiger partial charge in [-0.15, -0.1) is 0 Å². The van der Waals surface area contributed by atoms with Crippen molar-refractivity contribution in [2.75, 3.05) is 49.4 Å². The maximum atomic E-state index is 14.8. The van der Waals surface area contributed by atoms with Gasteiger partial charge in [0.15, 0.2) is 22.4 Å². The monoisotopic (exact) mass is 828 g/mol. The number of allylic oxidation sites excluding steroid dienone is 2. The van der Waals surface area contributed by atoms with Crippen molar-refractivity contribution < 1.29 is 49.0 Å². The summed E-state index contributed by atoms with van der Waals surface area (Å²) in [6, 6.07) is 1.45. The quantitative estimate of drug-likeness (QED) is 0.119. The van der Waals surface area contributed by atoms with E-state index in [9.17, 15) is 39.9 Å². The molecule has 0 unspecified atom stereocenters. The van der Waals surface area contributed by atoms with Crippen LogP contribution in [0, 0.1) is 24.7 Å². The summed E-state index contributed by atoms with van der Waals surface area (Å²) in [5, 5.41) is 59.5. The highest BCUT2D eigenvalue weighted by Gasteiger charge is 2.44. The van der Waals surface area contributed by atoms with Crippen molar-refractivity contribution in [2.24, 2.45) is 17.8 Å². The van der Waals surface area contributed by atoms with E-state index in [4.69, 9.17) is 23.6 Å². The van der Waals surface area contributed by atoms with Crippen LogP contribution in [0.3, 0.4) is 0 Å². The number of nitrogens with zero attached hydrogens (tertiary/aromatic N) is 3. The summed E-state index contributed by atoms with van der Waals surface area (Å²) in [6.07, 6.45) is 3.56. The molecule has 0 saturated heterocycles. The molecule has 0 fully saturated rings. The minimum Gasteiger partial charge on any atom is -0.507 e. The molecule has 3 aliphatic rings. The van der Waals surface area contributed by atoms with E-state index in [2.05, 4.69) is 5.32 Å². The minimum absolute atomic E-state index is 0.0326. The number of anilines is 3. The Morgan fingerprint density at radius 2 is 1.63 bits per heavy atom. The summed E-state index contributed by atoms with van der Waals surface area (Å²) < 4.78 is 24.4. The molecular formula is C44H52N4O12. The predicted octanol–water partition coefficient (Wildman–Crippen LogP) is 3.63. The van der Waals surface area contributed by atoms with Gasteiger partial charge in [0, 0.05) is 88.0 Å². The van der Waals surface area contributed by atoms with E-state index in [1.807, 2.05) is 23.9 Å². The zero-order valence-corrected chi connectivity index (χ0v) is 35.1. The number of carbonyl (C=O) groups is 1. The summed E-state index contributed by atoms with van der Waals surface area (Å²) in [4.78, 5) is 51.1. The zero-order chi connectivity index (χ0) is 43.7. The van der Waals surface area contributed by atoms with Gasteiger partial charge < -0.3 is 59.3 Å². The van der Waals surface area contributed by atoms with Crippen molar-refractivity contribution in [2.45, 2.75) is 78.2 Å². The van der Waals surface area contributed by atoms with Crippen LogP contribution in [0.15, 0.2) is 56.2 Å². The first kappa shape index (κ1) is 42.4. The summed E-state index contributed by atoms with van der Waals surface area (Å²) in [6.45, 7) is 10.7. The number of aromatic hydroxyl groups is 1. The molecule has 1 aromatic heterocycles. The Hall–Kier alpha value is -5.68. The molecule has 0 aliphatic carbocycles. The summed E-state index contributed by atoms with van der Waals surface area (Å²) in [7, 11) is 5.10. The van der Waals surface area contributed by atoms with Crippen LogP contribution >= 0.6 is 0 Å². The number of benzene rings is 3. The van der Waals surface area contributed by atoms with E-state index < -0.39 is 76.2 Å². The number of phenols is 1. The lowest BCUT2D eigenvalue weighted by atomic mass is 9.81. The van der Waals surface area contributed by atoms with E-state index in [1.54, 1.807) is 32.9 Å². The SMILES string of the molecule is CO[C@H]1/C=C/O[C@@]2(C)Oc3c(C)c(O)c4c(=O)c(c5oc6c7c(cc(=O)c6nc5c4c3=C2O)N(C)CCN7C)NC(=O)/C(C)=C\C=C\[C@H](C)[C@H](O)[C@@H](C)[C@@H](O)[C@@H](C)[C@H](O)C1. The third-order valence-corrected chi connectivity index (χ3v) is 12.4. The Kier molecular flexibility index (Phi) is 11.1. The van der Waals surface area contributed by atoms with Gasteiger partial charge in [0.2, 0.25) is 10.9 Å². The second-order valence-electron chi connectivity index (χ2n) is 16.5. The lowest BCUT2D eigenvalue weighted by Gasteiger charge is -2.34. The number of rotatable bonds is 1. The smallest absolute Gasteiger partial charge is 0.307 e. The third-order valence-electron chi connectivity index (χ3n) is 12.4. The molecule has 8 atom stereocenters. The van der Waals surface area contributed by atoms with Gasteiger partial charge in [0.1, 0.15) is 28.4 Å². The lowest BCUT2D eigenvalue weighted by Crippen LogP contribution is -2.41. The topological polar surface area (TPSA) is 225 Å². The van der Waals surface area contributed by atoms with Gasteiger partial charge in [-0.3, -0.25) is 14.4 Å².